The predicted molar refractivity (Wildman–Crippen MR) is 76.5 cm³/mol. The Kier molecular flexibility index (Phi) is 7.61. The average Bonchev–Trinajstić information content (AvgIpc) is 2.32. The van der Waals surface area contributed by atoms with Crippen LogP contribution in [0.3, 0.4) is 0 Å². The molecule has 1 aliphatic rings. The van der Waals surface area contributed by atoms with Gasteiger partial charge >= 0.3 is 22.5 Å². The SMILES string of the molecule is CC(C)(C)NC(=O)[C@@H]1CNCCN1C(=O)C(F)(F)F.O=S(=O)(O)O. The van der Waals surface area contributed by atoms with E-state index in [1.807, 2.05) is 0 Å². The summed E-state index contributed by atoms with van der Waals surface area (Å²) in [6, 6.07) is -1.14. The van der Waals surface area contributed by atoms with Crippen molar-refractivity contribution in [1.29, 1.82) is 0 Å². The van der Waals surface area contributed by atoms with Crippen LogP contribution in [0.5, 0.6) is 0 Å². The Morgan fingerprint density at radius 2 is 1.67 bits per heavy atom. The van der Waals surface area contributed by atoms with Crippen LogP contribution in [0.25, 0.3) is 0 Å². The number of rotatable bonds is 1. The van der Waals surface area contributed by atoms with E-state index in [9.17, 15) is 22.8 Å². The minimum absolute atomic E-state index is 0.0176. The van der Waals surface area contributed by atoms with Gasteiger partial charge in [0.15, 0.2) is 0 Å². The minimum atomic E-state index is -4.96. The van der Waals surface area contributed by atoms with Crippen LogP contribution in [0.2, 0.25) is 0 Å². The number of carbonyl (C=O) groups is 2. The van der Waals surface area contributed by atoms with Gasteiger partial charge < -0.3 is 15.5 Å². The molecule has 1 heterocycles. The second-order valence-corrected chi connectivity index (χ2v) is 6.80. The molecule has 0 saturated carbocycles. The number of nitrogens with zero attached hydrogens (tertiary/aromatic N) is 1. The first kappa shape index (κ1) is 22.6. The van der Waals surface area contributed by atoms with Crippen molar-refractivity contribution >= 4 is 22.2 Å². The smallest absolute Gasteiger partial charge is 0.350 e. The van der Waals surface area contributed by atoms with E-state index >= 15 is 0 Å². The van der Waals surface area contributed by atoms with Crippen LogP contribution in [0.15, 0.2) is 0 Å². The Balaban J connectivity index is 0.000000922. The van der Waals surface area contributed by atoms with Crippen LogP contribution in [-0.4, -0.2) is 71.6 Å². The lowest BCUT2D eigenvalue weighted by Gasteiger charge is -2.37. The maximum absolute atomic E-state index is 12.5. The summed E-state index contributed by atoms with van der Waals surface area (Å²) in [5.41, 5.74) is -0.568. The lowest BCUT2D eigenvalue weighted by atomic mass is 10.1. The summed E-state index contributed by atoms with van der Waals surface area (Å²) in [6.07, 6.45) is -4.96. The van der Waals surface area contributed by atoms with Gasteiger partial charge in [-0.15, -0.1) is 0 Å². The van der Waals surface area contributed by atoms with Gasteiger partial charge in [0.1, 0.15) is 6.04 Å². The first-order valence-electron chi connectivity index (χ1n) is 6.63. The number of carbonyl (C=O) groups excluding carboxylic acids is 2. The molecule has 2 amide bonds. The van der Waals surface area contributed by atoms with Crippen molar-refractivity contribution in [1.82, 2.24) is 15.5 Å². The number of nitrogens with one attached hydrogen (secondary N) is 2. The standard InChI is InChI=1S/C11H18F3N3O2.H2O4S/c1-10(2,3)16-8(18)7-6-15-4-5-17(7)9(19)11(12,13)14;1-5(2,3)4/h7,15H,4-6H2,1-3H3,(H,16,18);(H2,1,2,3,4)/t7-;/m0./s1. The summed E-state index contributed by atoms with van der Waals surface area (Å²) in [5, 5.41) is 5.40. The molecule has 1 rings (SSSR count). The molecule has 0 aromatic rings. The van der Waals surface area contributed by atoms with Crippen LogP contribution in [-0.2, 0) is 20.0 Å². The van der Waals surface area contributed by atoms with Crippen LogP contribution in [0, 0.1) is 0 Å². The zero-order valence-electron chi connectivity index (χ0n) is 13.2. The summed E-state index contributed by atoms with van der Waals surface area (Å²) in [7, 11) is -4.67. The predicted octanol–water partition coefficient (Wildman–Crippen LogP) is -0.389. The molecular formula is C11H20F3N3O6S. The fourth-order valence-electron chi connectivity index (χ4n) is 1.80. The highest BCUT2D eigenvalue weighted by Gasteiger charge is 2.47. The summed E-state index contributed by atoms with van der Waals surface area (Å²) in [4.78, 5) is 23.8. The molecule has 0 spiro atoms. The highest BCUT2D eigenvalue weighted by Crippen LogP contribution is 2.21. The van der Waals surface area contributed by atoms with Gasteiger partial charge in [-0.25, -0.2) is 0 Å². The third kappa shape index (κ3) is 9.64. The Hall–Kier alpha value is -1.44. The van der Waals surface area contributed by atoms with Crippen molar-refractivity contribution in [3.05, 3.63) is 0 Å². The number of amides is 2. The third-order valence-corrected chi connectivity index (χ3v) is 2.55. The monoisotopic (exact) mass is 379 g/mol. The van der Waals surface area contributed by atoms with Crippen molar-refractivity contribution in [3.63, 3.8) is 0 Å². The van der Waals surface area contributed by atoms with Gasteiger partial charge in [-0.1, -0.05) is 0 Å². The van der Waals surface area contributed by atoms with Crippen LogP contribution >= 0.6 is 0 Å². The molecule has 0 bridgehead atoms. The van der Waals surface area contributed by atoms with Gasteiger partial charge in [0.25, 0.3) is 0 Å². The quantitative estimate of drug-likeness (QED) is 0.456. The van der Waals surface area contributed by atoms with E-state index in [2.05, 4.69) is 10.6 Å². The molecule has 13 heteroatoms. The maximum Gasteiger partial charge on any atom is 0.471 e. The first-order chi connectivity index (χ1) is 10.5. The van der Waals surface area contributed by atoms with E-state index in [1.165, 1.54) is 0 Å². The number of hydrogen-bond donors (Lipinski definition) is 4. The zero-order valence-corrected chi connectivity index (χ0v) is 14.0. The molecule has 1 saturated heterocycles. The van der Waals surface area contributed by atoms with Crippen LogP contribution in [0.4, 0.5) is 13.2 Å². The summed E-state index contributed by atoms with van der Waals surface area (Å²) in [6.45, 7) is 5.27. The maximum atomic E-state index is 12.5. The minimum Gasteiger partial charge on any atom is -0.350 e. The normalized spacial score (nSPS) is 19.2. The number of hydrogen-bond acceptors (Lipinski definition) is 5. The highest BCUT2D eigenvalue weighted by atomic mass is 32.3. The van der Waals surface area contributed by atoms with Gasteiger partial charge in [-0.2, -0.15) is 21.6 Å². The first-order valence-corrected chi connectivity index (χ1v) is 8.02. The summed E-state index contributed by atoms with van der Waals surface area (Å²) in [5.74, 6) is -2.56. The highest BCUT2D eigenvalue weighted by molar-refractivity contribution is 7.79. The van der Waals surface area contributed by atoms with Gasteiger partial charge in [0, 0.05) is 25.2 Å². The van der Waals surface area contributed by atoms with Crippen molar-refractivity contribution < 1.29 is 40.3 Å². The van der Waals surface area contributed by atoms with Crippen molar-refractivity contribution in [2.24, 2.45) is 0 Å². The lowest BCUT2D eigenvalue weighted by Crippen LogP contribution is -2.63. The molecule has 0 radical (unpaired) electrons. The second kappa shape index (κ2) is 8.09. The van der Waals surface area contributed by atoms with Crippen molar-refractivity contribution in [2.75, 3.05) is 19.6 Å². The molecule has 1 aliphatic heterocycles. The molecule has 4 N–H and O–H groups in total. The number of piperazine rings is 1. The molecule has 142 valence electrons. The Bertz CT molecular complexity index is 550. The number of halogens is 3. The zero-order chi connectivity index (χ0) is 19.3. The average molecular weight is 379 g/mol. The van der Waals surface area contributed by atoms with E-state index in [0.717, 1.165) is 0 Å². The largest absolute Gasteiger partial charge is 0.471 e. The molecule has 1 fully saturated rings. The van der Waals surface area contributed by atoms with Crippen molar-refractivity contribution in [2.45, 2.75) is 38.5 Å². The van der Waals surface area contributed by atoms with Gasteiger partial charge in [-0.3, -0.25) is 18.7 Å². The molecule has 24 heavy (non-hydrogen) atoms. The molecule has 0 aromatic carbocycles. The molecular weight excluding hydrogens is 359 g/mol. The fraction of sp³-hybridized carbons (Fsp3) is 0.818. The molecule has 0 unspecified atom stereocenters. The van der Waals surface area contributed by atoms with E-state index in [0.29, 0.717) is 4.90 Å². The van der Waals surface area contributed by atoms with E-state index in [1.54, 1.807) is 20.8 Å². The van der Waals surface area contributed by atoms with Gasteiger partial charge in [-0.05, 0) is 20.8 Å². The van der Waals surface area contributed by atoms with Crippen LogP contribution < -0.4 is 10.6 Å². The second-order valence-electron chi connectivity index (χ2n) is 5.90. The summed E-state index contributed by atoms with van der Waals surface area (Å²) < 4.78 is 69.0. The van der Waals surface area contributed by atoms with Gasteiger partial charge in [0.05, 0.1) is 0 Å². The summed E-state index contributed by atoms with van der Waals surface area (Å²) >= 11 is 0. The Labute approximate surface area is 137 Å². The Morgan fingerprint density at radius 1 is 1.21 bits per heavy atom. The van der Waals surface area contributed by atoms with E-state index in [4.69, 9.17) is 17.5 Å². The van der Waals surface area contributed by atoms with E-state index in [-0.39, 0.29) is 19.6 Å². The molecule has 0 aromatic heterocycles. The van der Waals surface area contributed by atoms with Crippen molar-refractivity contribution in [3.8, 4) is 0 Å². The number of alkyl halides is 3. The van der Waals surface area contributed by atoms with Gasteiger partial charge in [0.2, 0.25) is 5.91 Å². The lowest BCUT2D eigenvalue weighted by molar-refractivity contribution is -0.189. The fourth-order valence-corrected chi connectivity index (χ4v) is 1.80. The Morgan fingerprint density at radius 3 is 2.04 bits per heavy atom. The van der Waals surface area contributed by atoms with E-state index < -0.39 is 40.0 Å². The third-order valence-electron chi connectivity index (χ3n) is 2.55. The molecule has 0 aliphatic carbocycles. The molecule has 9 nitrogen and oxygen atoms in total. The topological polar surface area (TPSA) is 136 Å². The molecule has 1 atom stereocenters. The van der Waals surface area contributed by atoms with Crippen LogP contribution in [0.1, 0.15) is 20.8 Å².